The van der Waals surface area contributed by atoms with Crippen molar-refractivity contribution >= 4 is 10.9 Å². The van der Waals surface area contributed by atoms with E-state index in [9.17, 15) is 25.5 Å². The van der Waals surface area contributed by atoms with Crippen molar-refractivity contribution in [2.75, 3.05) is 31.3 Å². The smallest absolute Gasteiger partial charge is 0.169 e. The molecule has 5 N–H and O–H groups in total. The molecule has 6 nitrogen and oxygen atoms in total. The fourth-order valence-electron chi connectivity index (χ4n) is 2.26. The Morgan fingerprint density at radius 3 is 2.27 bits per heavy atom. The van der Waals surface area contributed by atoms with Gasteiger partial charge in [0.2, 0.25) is 0 Å². The van der Waals surface area contributed by atoms with Crippen LogP contribution in [0.3, 0.4) is 0 Å². The first-order valence-electron chi connectivity index (χ1n) is 7.23. The Bertz CT molecular complexity index is 314. The number of hydrogen-bond acceptors (Lipinski definition) is 6. The van der Waals surface area contributed by atoms with Crippen LogP contribution >= 0.6 is 0 Å². The molecule has 1 aliphatic heterocycles. The van der Waals surface area contributed by atoms with Crippen LogP contribution in [0.25, 0.3) is 0 Å². The fourth-order valence-corrected chi connectivity index (χ4v) is 4.97. The van der Waals surface area contributed by atoms with E-state index in [0.29, 0.717) is 18.1 Å². The number of aliphatic hydroxyl groups is 5. The van der Waals surface area contributed by atoms with Crippen molar-refractivity contribution in [1.82, 2.24) is 0 Å². The van der Waals surface area contributed by atoms with E-state index < -0.39 is 40.6 Å². The summed E-state index contributed by atoms with van der Waals surface area (Å²) in [4.78, 5) is 0. The summed E-state index contributed by atoms with van der Waals surface area (Å²) in [6.07, 6.45) is -3.38. The zero-order valence-corrected chi connectivity index (χ0v) is 14.9. The van der Waals surface area contributed by atoms with Gasteiger partial charge >= 0.3 is 0 Å². The van der Waals surface area contributed by atoms with Crippen LogP contribution in [-0.2, 0) is 15.6 Å². The Morgan fingerprint density at radius 1 is 1.23 bits per heavy atom. The summed E-state index contributed by atoms with van der Waals surface area (Å²) in [5.74, 6) is 0.662. The van der Waals surface area contributed by atoms with E-state index in [1.165, 1.54) is 0 Å². The third-order valence-electron chi connectivity index (χ3n) is 3.49. The predicted molar refractivity (Wildman–Crippen MR) is 82.3 cm³/mol. The summed E-state index contributed by atoms with van der Waals surface area (Å²) in [7, 11) is -0.493. The minimum absolute atomic E-state index is 0. The zero-order chi connectivity index (χ0) is 16.2. The molecule has 0 saturated carbocycles. The van der Waals surface area contributed by atoms with Crippen LogP contribution in [0.2, 0.25) is 0 Å². The van der Waals surface area contributed by atoms with Crippen LogP contribution in [0, 0.1) is 5.41 Å². The first kappa shape index (κ1) is 22.4. The average molecular weight is 361 g/mol. The van der Waals surface area contributed by atoms with Crippen LogP contribution in [-0.4, -0.2) is 86.5 Å². The second kappa shape index (κ2) is 9.64. The molecule has 0 aromatic heterocycles. The third kappa shape index (κ3) is 6.49. The minimum Gasteiger partial charge on any atom is -1.00 e. The molecule has 0 aliphatic carbocycles. The van der Waals surface area contributed by atoms with E-state index in [4.69, 9.17) is 4.74 Å². The molecule has 1 saturated heterocycles. The van der Waals surface area contributed by atoms with Gasteiger partial charge in [-0.3, -0.25) is 0 Å². The lowest BCUT2D eigenvalue weighted by Gasteiger charge is -2.26. The van der Waals surface area contributed by atoms with Gasteiger partial charge in [0.15, 0.2) is 5.25 Å². The van der Waals surface area contributed by atoms with E-state index >= 15 is 0 Å². The summed E-state index contributed by atoms with van der Waals surface area (Å²) in [5, 5.41) is 47.9. The highest BCUT2D eigenvalue weighted by molar-refractivity contribution is 7.97. The van der Waals surface area contributed by atoms with E-state index in [1.54, 1.807) is 0 Å². The van der Waals surface area contributed by atoms with Crippen molar-refractivity contribution in [3.63, 3.8) is 0 Å². The molecule has 1 heterocycles. The van der Waals surface area contributed by atoms with Crippen molar-refractivity contribution < 1.29 is 42.7 Å². The number of rotatable bonds is 7. The first-order valence-corrected chi connectivity index (χ1v) is 8.86. The molecule has 1 unspecified atom stereocenters. The van der Waals surface area contributed by atoms with Crippen molar-refractivity contribution in [2.45, 2.75) is 50.4 Å². The molecule has 0 amide bonds. The lowest BCUT2D eigenvalue weighted by molar-refractivity contribution is -0.0749. The van der Waals surface area contributed by atoms with Gasteiger partial charge in [0.25, 0.3) is 0 Å². The molecule has 0 bridgehead atoms. The highest BCUT2D eigenvalue weighted by atomic mass is 35.5. The second-order valence-electron chi connectivity index (χ2n) is 6.81. The number of aliphatic hydroxyl groups excluding tert-OH is 5. The molecule has 6 atom stereocenters. The largest absolute Gasteiger partial charge is 1.00 e. The monoisotopic (exact) mass is 360 g/mol. The van der Waals surface area contributed by atoms with Crippen molar-refractivity contribution in [3.8, 4) is 0 Å². The Kier molecular flexibility index (Phi) is 9.81. The summed E-state index contributed by atoms with van der Waals surface area (Å²) in [5.41, 5.74) is -0.0667. The van der Waals surface area contributed by atoms with Crippen molar-refractivity contribution in [1.29, 1.82) is 0 Å². The predicted octanol–water partition coefficient (Wildman–Crippen LogP) is -4.51. The molecule has 8 heteroatoms. The molecular formula is C14H29ClO6S. The average Bonchev–Trinajstić information content (AvgIpc) is 2.63. The van der Waals surface area contributed by atoms with Gasteiger partial charge in [-0.15, -0.1) is 0 Å². The first-order chi connectivity index (χ1) is 9.69. The summed E-state index contributed by atoms with van der Waals surface area (Å²) >= 11 is 0. The highest BCUT2D eigenvalue weighted by Crippen LogP contribution is 2.25. The lowest BCUT2D eigenvalue weighted by Crippen LogP contribution is -3.00. The SMILES string of the molecule is CC(C)(C)CO[C@@H](CO)[C@H](O)C[S+]1C[C@@H](O)[C@H](O)[C@H]1CO.[Cl-]. The van der Waals surface area contributed by atoms with Gasteiger partial charge < -0.3 is 42.7 Å². The number of halogens is 1. The van der Waals surface area contributed by atoms with Crippen LogP contribution in [0.15, 0.2) is 0 Å². The van der Waals surface area contributed by atoms with Crippen molar-refractivity contribution in [2.24, 2.45) is 5.41 Å². The number of hydrogen-bond donors (Lipinski definition) is 5. The van der Waals surface area contributed by atoms with Gasteiger partial charge in [0.05, 0.1) is 19.8 Å². The van der Waals surface area contributed by atoms with Crippen LogP contribution in [0.4, 0.5) is 0 Å². The molecule has 0 aromatic rings. The molecule has 22 heavy (non-hydrogen) atoms. The Morgan fingerprint density at radius 2 is 1.82 bits per heavy atom. The van der Waals surface area contributed by atoms with Crippen LogP contribution in [0.5, 0.6) is 0 Å². The Labute approximate surface area is 141 Å². The van der Waals surface area contributed by atoms with E-state index in [-0.39, 0.29) is 31.0 Å². The maximum Gasteiger partial charge on any atom is 0.169 e. The third-order valence-corrected chi connectivity index (χ3v) is 6.32. The quantitative estimate of drug-likeness (QED) is 0.293. The van der Waals surface area contributed by atoms with Gasteiger partial charge in [0, 0.05) is 10.9 Å². The van der Waals surface area contributed by atoms with E-state index in [1.807, 2.05) is 20.8 Å². The molecule has 1 aliphatic rings. The van der Waals surface area contributed by atoms with Gasteiger partial charge in [-0.05, 0) is 5.41 Å². The van der Waals surface area contributed by atoms with Crippen molar-refractivity contribution in [3.05, 3.63) is 0 Å². The lowest BCUT2D eigenvalue weighted by atomic mass is 9.98. The minimum atomic E-state index is -0.950. The fraction of sp³-hybridized carbons (Fsp3) is 1.00. The number of ether oxygens (including phenoxy) is 1. The van der Waals surface area contributed by atoms with Crippen LogP contribution in [0.1, 0.15) is 20.8 Å². The Balaban J connectivity index is 0.00000441. The zero-order valence-electron chi connectivity index (χ0n) is 13.4. The second-order valence-corrected chi connectivity index (χ2v) is 9.16. The highest BCUT2D eigenvalue weighted by Gasteiger charge is 2.50. The van der Waals surface area contributed by atoms with E-state index in [0.717, 1.165) is 0 Å². The van der Waals surface area contributed by atoms with Crippen LogP contribution < -0.4 is 12.4 Å². The Hall–Kier alpha value is 0.400. The summed E-state index contributed by atoms with van der Waals surface area (Å²) in [6.45, 7) is 5.91. The maximum absolute atomic E-state index is 10.2. The normalized spacial score (nSPS) is 31.6. The van der Waals surface area contributed by atoms with Gasteiger partial charge in [-0.2, -0.15) is 0 Å². The molecule has 0 aromatic carbocycles. The van der Waals surface area contributed by atoms with Gasteiger partial charge in [0.1, 0.15) is 35.9 Å². The van der Waals surface area contributed by atoms with E-state index in [2.05, 4.69) is 0 Å². The molecule has 1 fully saturated rings. The molecule has 0 radical (unpaired) electrons. The molecular weight excluding hydrogens is 332 g/mol. The molecule has 0 spiro atoms. The van der Waals surface area contributed by atoms with Gasteiger partial charge in [-0.1, -0.05) is 20.8 Å². The summed E-state index contributed by atoms with van der Waals surface area (Å²) < 4.78 is 5.57. The standard InChI is InChI=1S/C14H29O6S.ClH/c1-14(2,3)8-20-11(4-15)9(17)6-21-7-10(18)13(19)12(21)5-16;/h9-13,15-19H,4-8H2,1-3H3;1H/q+1;/p-1/t9-,10-,11+,12-,13+,21?;/m1./s1. The topological polar surface area (TPSA) is 110 Å². The molecule has 134 valence electrons. The molecule has 1 rings (SSSR count). The summed E-state index contributed by atoms with van der Waals surface area (Å²) in [6, 6.07) is 0. The maximum atomic E-state index is 10.2. The van der Waals surface area contributed by atoms with Gasteiger partial charge in [-0.25, -0.2) is 0 Å².